The van der Waals surface area contributed by atoms with Crippen LogP contribution in [-0.4, -0.2) is 15.0 Å². The topological polar surface area (TPSA) is 88.8 Å². The Balaban J connectivity index is 2.31. The summed E-state index contributed by atoms with van der Waals surface area (Å²) in [7, 11) is 0. The minimum Gasteiger partial charge on any atom is -0.359 e. The number of nitrogen functional groups attached to an aromatic ring is 1. The second kappa shape index (κ2) is 5.72. The summed E-state index contributed by atoms with van der Waals surface area (Å²) in [5.41, 5.74) is 2.28. The van der Waals surface area contributed by atoms with Crippen molar-refractivity contribution in [2.45, 2.75) is 39.2 Å². The maximum Gasteiger partial charge on any atom is 0.145 e. The molecular formula is C13H20N6S. The molecule has 0 aliphatic rings. The molecule has 0 bridgehead atoms. The van der Waals surface area contributed by atoms with Gasteiger partial charge in [-0.05, 0) is 13.8 Å². The second-order valence-electron chi connectivity index (χ2n) is 5.38. The first-order chi connectivity index (χ1) is 9.42. The smallest absolute Gasteiger partial charge is 0.145 e. The van der Waals surface area contributed by atoms with E-state index in [0.29, 0.717) is 5.82 Å². The van der Waals surface area contributed by atoms with E-state index in [9.17, 15) is 0 Å². The Labute approximate surface area is 122 Å². The first-order valence-electron chi connectivity index (χ1n) is 6.46. The lowest BCUT2D eigenvalue weighted by atomic mass is 10.1. The largest absolute Gasteiger partial charge is 0.359 e. The molecule has 108 valence electrons. The van der Waals surface area contributed by atoms with E-state index in [4.69, 9.17) is 5.84 Å². The minimum absolute atomic E-state index is 0.229. The fourth-order valence-electron chi connectivity index (χ4n) is 1.77. The van der Waals surface area contributed by atoms with Gasteiger partial charge in [0, 0.05) is 23.6 Å². The third-order valence-corrected chi connectivity index (χ3v) is 3.91. The third-order valence-electron chi connectivity index (χ3n) is 2.82. The molecule has 2 rings (SSSR count). The van der Waals surface area contributed by atoms with E-state index >= 15 is 0 Å². The summed E-state index contributed by atoms with van der Waals surface area (Å²) in [6, 6.07) is 1.79. The molecule has 20 heavy (non-hydrogen) atoms. The van der Waals surface area contributed by atoms with Crippen LogP contribution < -0.4 is 16.6 Å². The van der Waals surface area contributed by atoms with Crippen molar-refractivity contribution < 1.29 is 0 Å². The van der Waals surface area contributed by atoms with Gasteiger partial charge in [-0.15, -0.1) is 11.3 Å². The molecule has 2 heterocycles. The quantitative estimate of drug-likeness (QED) is 0.580. The van der Waals surface area contributed by atoms with Gasteiger partial charge in [-0.2, -0.15) is 0 Å². The predicted molar refractivity (Wildman–Crippen MR) is 82.7 cm³/mol. The number of hydrogen-bond acceptors (Lipinski definition) is 7. The summed E-state index contributed by atoms with van der Waals surface area (Å²) in [6.45, 7) is 8.23. The van der Waals surface area contributed by atoms with Crippen molar-refractivity contribution in [1.82, 2.24) is 15.0 Å². The van der Waals surface area contributed by atoms with Crippen molar-refractivity contribution in [1.29, 1.82) is 0 Å². The number of hydrogen-bond donors (Lipinski definition) is 3. The van der Waals surface area contributed by atoms with E-state index in [1.807, 2.05) is 19.2 Å². The predicted octanol–water partition coefficient (Wildman–Crippen LogP) is 2.69. The molecule has 0 spiro atoms. The number of nitrogens with one attached hydrogen (secondary N) is 2. The summed E-state index contributed by atoms with van der Waals surface area (Å²) >= 11 is 1.61. The Morgan fingerprint density at radius 3 is 2.50 bits per heavy atom. The van der Waals surface area contributed by atoms with Gasteiger partial charge < -0.3 is 10.7 Å². The zero-order valence-corrected chi connectivity index (χ0v) is 13.0. The van der Waals surface area contributed by atoms with E-state index < -0.39 is 0 Å². The van der Waals surface area contributed by atoms with E-state index in [-0.39, 0.29) is 11.5 Å². The first-order valence-corrected chi connectivity index (χ1v) is 7.34. The van der Waals surface area contributed by atoms with Crippen LogP contribution in [-0.2, 0) is 5.54 Å². The molecule has 6 nitrogen and oxygen atoms in total. The van der Waals surface area contributed by atoms with Gasteiger partial charge in [0.15, 0.2) is 0 Å². The molecule has 0 aliphatic carbocycles. The lowest BCUT2D eigenvalue weighted by molar-refractivity contribution is 0.599. The summed E-state index contributed by atoms with van der Waals surface area (Å²) in [5, 5.41) is 6.36. The van der Waals surface area contributed by atoms with Crippen LogP contribution in [0.2, 0.25) is 0 Å². The molecule has 0 radical (unpaired) electrons. The number of nitrogens with zero attached hydrogens (tertiary/aromatic N) is 3. The maximum atomic E-state index is 5.47. The molecule has 2 aromatic rings. The van der Waals surface area contributed by atoms with Gasteiger partial charge in [0.2, 0.25) is 0 Å². The van der Waals surface area contributed by atoms with E-state index in [1.54, 1.807) is 23.6 Å². The minimum atomic E-state index is -0.303. The van der Waals surface area contributed by atoms with Crippen molar-refractivity contribution in [3.8, 4) is 0 Å². The molecule has 4 N–H and O–H groups in total. The highest BCUT2D eigenvalue weighted by atomic mass is 32.1. The van der Waals surface area contributed by atoms with Gasteiger partial charge >= 0.3 is 0 Å². The SMILES string of the molecule is CC(C)c1nc(NN)cc(NC(C)(C)c2nccs2)n1. The Morgan fingerprint density at radius 1 is 1.25 bits per heavy atom. The molecular weight excluding hydrogens is 272 g/mol. The van der Waals surface area contributed by atoms with Crippen LogP contribution in [0.5, 0.6) is 0 Å². The highest BCUT2D eigenvalue weighted by molar-refractivity contribution is 7.09. The van der Waals surface area contributed by atoms with Crippen LogP contribution in [0.4, 0.5) is 11.6 Å². The van der Waals surface area contributed by atoms with E-state index in [2.05, 4.69) is 39.5 Å². The Hall–Kier alpha value is -1.73. The number of rotatable bonds is 5. The molecule has 0 unspecified atom stereocenters. The Bertz CT molecular complexity index is 564. The average molecular weight is 292 g/mol. The van der Waals surface area contributed by atoms with Gasteiger partial charge in [0.1, 0.15) is 22.5 Å². The van der Waals surface area contributed by atoms with Crippen molar-refractivity contribution >= 4 is 23.0 Å². The fourth-order valence-corrected chi connectivity index (χ4v) is 2.49. The molecule has 0 saturated heterocycles. The number of thiazole rings is 1. The summed E-state index contributed by atoms with van der Waals surface area (Å²) in [6.07, 6.45) is 1.80. The number of hydrazine groups is 1. The number of anilines is 2. The van der Waals surface area contributed by atoms with Crippen molar-refractivity contribution in [3.63, 3.8) is 0 Å². The second-order valence-corrected chi connectivity index (χ2v) is 6.28. The molecule has 0 amide bonds. The Morgan fingerprint density at radius 2 is 1.95 bits per heavy atom. The van der Waals surface area contributed by atoms with Crippen LogP contribution >= 0.6 is 11.3 Å². The molecule has 0 saturated carbocycles. The van der Waals surface area contributed by atoms with Crippen molar-refractivity contribution in [2.24, 2.45) is 5.84 Å². The standard InChI is InChI=1S/C13H20N6S/c1-8(2)11-16-9(7-10(17-11)19-14)18-13(3,4)12-15-5-6-20-12/h5-8H,14H2,1-4H3,(H2,16,17,18,19). The lowest BCUT2D eigenvalue weighted by Crippen LogP contribution is -2.28. The maximum absolute atomic E-state index is 5.47. The van der Waals surface area contributed by atoms with Gasteiger partial charge in [-0.1, -0.05) is 13.8 Å². The average Bonchev–Trinajstić information content (AvgIpc) is 2.92. The summed E-state index contributed by atoms with van der Waals surface area (Å²) < 4.78 is 0. The molecule has 0 aliphatic heterocycles. The molecule has 2 aromatic heterocycles. The van der Waals surface area contributed by atoms with Crippen LogP contribution in [0.25, 0.3) is 0 Å². The number of aromatic nitrogens is 3. The lowest BCUT2D eigenvalue weighted by Gasteiger charge is -2.25. The van der Waals surface area contributed by atoms with Crippen LogP contribution in [0.3, 0.4) is 0 Å². The van der Waals surface area contributed by atoms with Gasteiger partial charge in [-0.25, -0.2) is 20.8 Å². The van der Waals surface area contributed by atoms with Gasteiger partial charge in [0.25, 0.3) is 0 Å². The van der Waals surface area contributed by atoms with Gasteiger partial charge in [0.05, 0.1) is 5.54 Å². The highest BCUT2D eigenvalue weighted by Crippen LogP contribution is 2.27. The summed E-state index contributed by atoms with van der Waals surface area (Å²) in [4.78, 5) is 13.2. The molecule has 0 atom stereocenters. The number of nitrogens with two attached hydrogens (primary N) is 1. The van der Waals surface area contributed by atoms with E-state index in [1.165, 1.54) is 0 Å². The monoisotopic (exact) mass is 292 g/mol. The van der Waals surface area contributed by atoms with Crippen LogP contribution in [0.1, 0.15) is 44.4 Å². The van der Waals surface area contributed by atoms with E-state index in [0.717, 1.165) is 16.6 Å². The highest BCUT2D eigenvalue weighted by Gasteiger charge is 2.24. The fraction of sp³-hybridized carbons (Fsp3) is 0.462. The normalized spacial score (nSPS) is 11.7. The van der Waals surface area contributed by atoms with Crippen molar-refractivity contribution in [3.05, 3.63) is 28.5 Å². The molecule has 0 aromatic carbocycles. The zero-order chi connectivity index (χ0) is 14.8. The third kappa shape index (κ3) is 3.23. The Kier molecular flexibility index (Phi) is 4.20. The zero-order valence-electron chi connectivity index (χ0n) is 12.1. The summed E-state index contributed by atoms with van der Waals surface area (Å²) in [5.74, 6) is 7.78. The first kappa shape index (κ1) is 14.7. The van der Waals surface area contributed by atoms with Crippen molar-refractivity contribution in [2.75, 3.05) is 10.7 Å². The molecule has 0 fully saturated rings. The van der Waals surface area contributed by atoms with Gasteiger partial charge in [-0.3, -0.25) is 0 Å². The molecule has 7 heteroatoms. The van der Waals surface area contributed by atoms with Crippen LogP contribution in [0.15, 0.2) is 17.6 Å². The van der Waals surface area contributed by atoms with Crippen LogP contribution in [0, 0.1) is 0 Å².